The van der Waals surface area contributed by atoms with Crippen LogP contribution < -0.4 is 4.74 Å². The molecule has 2 aromatic rings. The van der Waals surface area contributed by atoms with Gasteiger partial charge in [0.25, 0.3) is 0 Å². The number of ether oxygens (including phenoxy) is 1. The molecule has 16 heavy (non-hydrogen) atoms. The summed E-state index contributed by atoms with van der Waals surface area (Å²) >= 11 is 0. The van der Waals surface area contributed by atoms with Crippen LogP contribution in [0.3, 0.4) is 0 Å². The van der Waals surface area contributed by atoms with Gasteiger partial charge >= 0.3 is 0 Å². The Labute approximate surface area is 94.8 Å². The van der Waals surface area contributed by atoms with Crippen LogP contribution in [0.4, 0.5) is 0 Å². The van der Waals surface area contributed by atoms with Crippen LogP contribution in [0.5, 0.6) is 5.75 Å². The lowest BCUT2D eigenvalue weighted by Crippen LogP contribution is -1.94. The SMILES string of the molecule is COc1c(CCC=O)ccc2ccccc12. The lowest BCUT2D eigenvalue weighted by Gasteiger charge is -2.10. The minimum Gasteiger partial charge on any atom is -0.496 e. The second-order valence-corrected chi connectivity index (χ2v) is 3.68. The van der Waals surface area contributed by atoms with Crippen LogP contribution in [0.25, 0.3) is 10.8 Å². The second kappa shape index (κ2) is 4.79. The van der Waals surface area contributed by atoms with Gasteiger partial charge in [-0.1, -0.05) is 36.4 Å². The number of hydrogen-bond donors (Lipinski definition) is 0. The predicted octanol–water partition coefficient (Wildman–Crippen LogP) is 2.98. The highest BCUT2D eigenvalue weighted by Crippen LogP contribution is 2.30. The van der Waals surface area contributed by atoms with Gasteiger partial charge in [-0.15, -0.1) is 0 Å². The molecule has 0 radical (unpaired) electrons. The summed E-state index contributed by atoms with van der Waals surface area (Å²) in [5.74, 6) is 0.889. The third-order valence-corrected chi connectivity index (χ3v) is 2.70. The normalized spacial score (nSPS) is 10.3. The van der Waals surface area contributed by atoms with Gasteiger partial charge < -0.3 is 9.53 Å². The quantitative estimate of drug-likeness (QED) is 0.731. The van der Waals surface area contributed by atoms with Crippen LogP contribution in [-0.4, -0.2) is 13.4 Å². The predicted molar refractivity (Wildman–Crippen MR) is 64.9 cm³/mol. The molecule has 0 saturated heterocycles. The maximum atomic E-state index is 10.4. The summed E-state index contributed by atoms with van der Waals surface area (Å²) < 4.78 is 5.44. The van der Waals surface area contributed by atoms with Gasteiger partial charge in [0.1, 0.15) is 12.0 Å². The first kappa shape index (κ1) is 10.7. The number of rotatable bonds is 4. The Morgan fingerprint density at radius 2 is 2.00 bits per heavy atom. The summed E-state index contributed by atoms with van der Waals surface area (Å²) in [5.41, 5.74) is 1.09. The van der Waals surface area contributed by atoms with Crippen molar-refractivity contribution in [1.29, 1.82) is 0 Å². The van der Waals surface area contributed by atoms with Crippen LogP contribution in [0, 0.1) is 0 Å². The van der Waals surface area contributed by atoms with Crippen LogP contribution in [0.2, 0.25) is 0 Å². The number of benzene rings is 2. The van der Waals surface area contributed by atoms with E-state index in [1.807, 2.05) is 24.3 Å². The molecule has 0 bridgehead atoms. The van der Waals surface area contributed by atoms with Crippen LogP contribution >= 0.6 is 0 Å². The number of hydrogen-bond acceptors (Lipinski definition) is 2. The Kier molecular flexibility index (Phi) is 3.20. The molecular formula is C14H14O2. The van der Waals surface area contributed by atoms with Crippen LogP contribution in [0.1, 0.15) is 12.0 Å². The molecule has 0 aromatic heterocycles. The number of fused-ring (bicyclic) bond motifs is 1. The largest absolute Gasteiger partial charge is 0.496 e. The molecular weight excluding hydrogens is 200 g/mol. The maximum Gasteiger partial charge on any atom is 0.129 e. The highest BCUT2D eigenvalue weighted by atomic mass is 16.5. The molecule has 0 N–H and O–H groups in total. The zero-order valence-electron chi connectivity index (χ0n) is 9.27. The number of carbonyl (C=O) groups is 1. The third kappa shape index (κ3) is 1.91. The van der Waals surface area contributed by atoms with E-state index in [1.165, 1.54) is 0 Å². The number of aryl methyl sites for hydroxylation is 1. The third-order valence-electron chi connectivity index (χ3n) is 2.70. The van der Waals surface area contributed by atoms with Gasteiger partial charge in [-0.2, -0.15) is 0 Å². The van der Waals surface area contributed by atoms with Crippen molar-refractivity contribution in [2.45, 2.75) is 12.8 Å². The van der Waals surface area contributed by atoms with E-state index in [-0.39, 0.29) is 0 Å². The summed E-state index contributed by atoms with van der Waals surface area (Å²) in [7, 11) is 1.67. The van der Waals surface area contributed by atoms with E-state index in [4.69, 9.17) is 4.74 Å². The molecule has 0 atom stereocenters. The number of carbonyl (C=O) groups excluding carboxylic acids is 1. The van der Waals surface area contributed by atoms with Crippen LogP contribution in [0.15, 0.2) is 36.4 Å². The Morgan fingerprint density at radius 3 is 2.75 bits per heavy atom. The van der Waals surface area contributed by atoms with Crippen molar-refractivity contribution in [3.8, 4) is 5.75 Å². The van der Waals surface area contributed by atoms with Gasteiger partial charge in [0.15, 0.2) is 0 Å². The van der Waals surface area contributed by atoms with Crippen molar-refractivity contribution in [3.05, 3.63) is 42.0 Å². The van der Waals surface area contributed by atoms with E-state index >= 15 is 0 Å². The topological polar surface area (TPSA) is 26.3 Å². The molecule has 2 heteroatoms. The molecule has 0 amide bonds. The summed E-state index contributed by atoms with van der Waals surface area (Å²) in [6, 6.07) is 12.2. The van der Waals surface area contributed by atoms with E-state index in [0.717, 1.165) is 34.8 Å². The number of aldehydes is 1. The minimum atomic E-state index is 0.536. The molecule has 0 saturated carbocycles. The van der Waals surface area contributed by atoms with Crippen molar-refractivity contribution in [3.63, 3.8) is 0 Å². The first-order valence-corrected chi connectivity index (χ1v) is 5.35. The van der Waals surface area contributed by atoms with Crippen molar-refractivity contribution in [2.75, 3.05) is 7.11 Å². The maximum absolute atomic E-state index is 10.4. The standard InChI is InChI=1S/C14H14O2/c1-16-14-12(6-4-10-15)9-8-11-5-2-3-7-13(11)14/h2-3,5,7-10H,4,6H2,1H3. The van der Waals surface area contributed by atoms with E-state index in [9.17, 15) is 4.79 Å². The summed E-state index contributed by atoms with van der Waals surface area (Å²) in [5, 5.41) is 2.27. The van der Waals surface area contributed by atoms with Crippen molar-refractivity contribution < 1.29 is 9.53 Å². The van der Waals surface area contributed by atoms with E-state index in [0.29, 0.717) is 6.42 Å². The molecule has 0 aliphatic carbocycles. The highest BCUT2D eigenvalue weighted by Gasteiger charge is 2.06. The van der Waals surface area contributed by atoms with Gasteiger partial charge in [0.2, 0.25) is 0 Å². The molecule has 2 nitrogen and oxygen atoms in total. The fraction of sp³-hybridized carbons (Fsp3) is 0.214. The van der Waals surface area contributed by atoms with Gasteiger partial charge in [-0.3, -0.25) is 0 Å². The molecule has 0 aliphatic rings. The Hall–Kier alpha value is -1.83. The van der Waals surface area contributed by atoms with Crippen molar-refractivity contribution in [1.82, 2.24) is 0 Å². The van der Waals surface area contributed by atoms with E-state index in [2.05, 4.69) is 12.1 Å². The Bertz CT molecular complexity index is 503. The molecule has 2 rings (SSSR count). The monoisotopic (exact) mass is 214 g/mol. The van der Waals surface area contributed by atoms with Crippen molar-refractivity contribution >= 4 is 17.1 Å². The lowest BCUT2D eigenvalue weighted by molar-refractivity contribution is -0.107. The van der Waals surface area contributed by atoms with Crippen molar-refractivity contribution in [2.24, 2.45) is 0 Å². The summed E-state index contributed by atoms with van der Waals surface area (Å²) in [6.45, 7) is 0. The van der Waals surface area contributed by atoms with Gasteiger partial charge in [-0.05, 0) is 17.4 Å². The molecule has 0 heterocycles. The van der Waals surface area contributed by atoms with Gasteiger partial charge in [0.05, 0.1) is 7.11 Å². The average molecular weight is 214 g/mol. The Morgan fingerprint density at radius 1 is 1.19 bits per heavy atom. The van der Waals surface area contributed by atoms with Gasteiger partial charge in [0, 0.05) is 11.8 Å². The van der Waals surface area contributed by atoms with E-state index < -0.39 is 0 Å². The molecule has 0 spiro atoms. The van der Waals surface area contributed by atoms with Crippen LogP contribution in [-0.2, 0) is 11.2 Å². The minimum absolute atomic E-state index is 0.536. The van der Waals surface area contributed by atoms with Gasteiger partial charge in [-0.25, -0.2) is 0 Å². The Balaban J connectivity index is 2.53. The highest BCUT2D eigenvalue weighted by molar-refractivity contribution is 5.89. The smallest absolute Gasteiger partial charge is 0.129 e. The lowest BCUT2D eigenvalue weighted by atomic mass is 10.0. The summed E-state index contributed by atoms with van der Waals surface area (Å²) in [6.07, 6.45) is 2.21. The molecule has 2 aromatic carbocycles. The first-order valence-electron chi connectivity index (χ1n) is 5.35. The zero-order valence-corrected chi connectivity index (χ0v) is 9.27. The fourth-order valence-corrected chi connectivity index (χ4v) is 1.94. The first-order chi connectivity index (χ1) is 7.86. The fourth-order valence-electron chi connectivity index (χ4n) is 1.94. The molecule has 82 valence electrons. The second-order valence-electron chi connectivity index (χ2n) is 3.68. The molecule has 0 aliphatic heterocycles. The molecule has 0 unspecified atom stereocenters. The van der Waals surface area contributed by atoms with E-state index in [1.54, 1.807) is 7.11 Å². The zero-order chi connectivity index (χ0) is 11.4. The molecule has 0 fully saturated rings. The number of methoxy groups -OCH3 is 1. The summed E-state index contributed by atoms with van der Waals surface area (Å²) in [4.78, 5) is 10.4. The average Bonchev–Trinajstić information content (AvgIpc) is 2.35.